The van der Waals surface area contributed by atoms with Crippen LogP contribution < -0.4 is 10.6 Å². The lowest BCUT2D eigenvalue weighted by atomic mass is 10.1. The molecule has 2 N–H and O–H groups in total. The van der Waals surface area contributed by atoms with Crippen LogP contribution in [0.15, 0.2) is 48.5 Å². The van der Waals surface area contributed by atoms with Crippen LogP contribution in [0.5, 0.6) is 0 Å². The summed E-state index contributed by atoms with van der Waals surface area (Å²) in [5.41, 5.74) is 1.33. The normalized spacial score (nSPS) is 15.0. The van der Waals surface area contributed by atoms with E-state index in [-0.39, 0.29) is 17.6 Å². The summed E-state index contributed by atoms with van der Waals surface area (Å²) in [5, 5.41) is 5.57. The number of hydrogen-bond donors (Lipinski definition) is 2. The van der Waals surface area contributed by atoms with Crippen molar-refractivity contribution in [3.63, 3.8) is 0 Å². The highest BCUT2D eigenvalue weighted by molar-refractivity contribution is 6.10. The zero-order valence-electron chi connectivity index (χ0n) is 15.2. The molecule has 142 valence electrons. The number of carbonyl (C=O) groups excluding carboxylic acids is 2. The maximum absolute atomic E-state index is 13.0. The predicted octanol–water partition coefficient (Wildman–Crippen LogP) is 3.89. The first-order valence-electron chi connectivity index (χ1n) is 9.30. The Morgan fingerprint density at radius 2 is 1.56 bits per heavy atom. The molecule has 0 bridgehead atoms. The average Bonchev–Trinajstić information content (AvgIpc) is 2.92. The molecule has 6 heteroatoms. The van der Waals surface area contributed by atoms with E-state index in [1.54, 1.807) is 24.3 Å². The van der Waals surface area contributed by atoms with Gasteiger partial charge in [0.2, 0.25) is 5.91 Å². The summed E-state index contributed by atoms with van der Waals surface area (Å²) in [5.74, 6) is -0.847. The molecule has 0 aromatic heterocycles. The molecule has 0 unspecified atom stereocenters. The van der Waals surface area contributed by atoms with Crippen LogP contribution in [0.1, 0.15) is 36.0 Å². The highest BCUT2D eigenvalue weighted by Gasteiger charge is 2.16. The summed E-state index contributed by atoms with van der Waals surface area (Å²) in [4.78, 5) is 27.2. The van der Waals surface area contributed by atoms with Crippen molar-refractivity contribution in [3.8, 4) is 0 Å². The molecule has 0 radical (unpaired) electrons. The topological polar surface area (TPSA) is 61.4 Å². The molecule has 2 aromatic carbocycles. The minimum Gasteiger partial charge on any atom is -0.324 e. The molecule has 1 fully saturated rings. The number of nitrogens with zero attached hydrogens (tertiary/aromatic N) is 1. The monoisotopic (exact) mass is 369 g/mol. The molecule has 2 amide bonds. The number of benzene rings is 2. The molecule has 0 atom stereocenters. The first kappa shape index (κ1) is 19.0. The van der Waals surface area contributed by atoms with Gasteiger partial charge in [0.1, 0.15) is 5.82 Å². The number of halogens is 1. The predicted molar refractivity (Wildman–Crippen MR) is 104 cm³/mol. The Hall–Kier alpha value is -2.73. The van der Waals surface area contributed by atoms with Crippen LogP contribution in [0, 0.1) is 5.82 Å². The second-order valence-corrected chi connectivity index (χ2v) is 6.75. The SMILES string of the molecule is O=C(CN1CCCCCC1)Nc1ccccc1C(=O)Nc1ccc(F)cc1. The fourth-order valence-electron chi connectivity index (χ4n) is 3.21. The lowest BCUT2D eigenvalue weighted by molar-refractivity contribution is -0.117. The van der Waals surface area contributed by atoms with Crippen LogP contribution in [0.2, 0.25) is 0 Å². The molecule has 27 heavy (non-hydrogen) atoms. The number of carbonyl (C=O) groups is 2. The maximum Gasteiger partial charge on any atom is 0.257 e. The van der Waals surface area contributed by atoms with E-state index >= 15 is 0 Å². The summed E-state index contributed by atoms with van der Waals surface area (Å²) < 4.78 is 13.0. The highest BCUT2D eigenvalue weighted by atomic mass is 19.1. The van der Waals surface area contributed by atoms with Crippen molar-refractivity contribution < 1.29 is 14.0 Å². The van der Waals surface area contributed by atoms with E-state index in [2.05, 4.69) is 15.5 Å². The number of amides is 2. The van der Waals surface area contributed by atoms with E-state index in [0.717, 1.165) is 25.9 Å². The molecule has 2 aromatic rings. The summed E-state index contributed by atoms with van der Waals surface area (Å²) in [6.07, 6.45) is 4.66. The second-order valence-electron chi connectivity index (χ2n) is 6.75. The van der Waals surface area contributed by atoms with Gasteiger partial charge in [-0.15, -0.1) is 0 Å². The van der Waals surface area contributed by atoms with Gasteiger partial charge in [0, 0.05) is 5.69 Å². The third-order valence-corrected chi connectivity index (χ3v) is 4.61. The van der Waals surface area contributed by atoms with Crippen molar-refractivity contribution in [2.45, 2.75) is 25.7 Å². The fourth-order valence-corrected chi connectivity index (χ4v) is 3.21. The van der Waals surface area contributed by atoms with Gasteiger partial charge in [-0.2, -0.15) is 0 Å². The number of rotatable bonds is 5. The molecule has 1 heterocycles. The Kier molecular flexibility index (Phi) is 6.54. The van der Waals surface area contributed by atoms with Gasteiger partial charge in [0.25, 0.3) is 5.91 Å². The highest BCUT2D eigenvalue weighted by Crippen LogP contribution is 2.18. The molecule has 3 rings (SSSR count). The van der Waals surface area contributed by atoms with Crippen LogP contribution in [0.4, 0.5) is 15.8 Å². The van der Waals surface area contributed by atoms with Crippen LogP contribution in [-0.4, -0.2) is 36.3 Å². The quantitative estimate of drug-likeness (QED) is 0.840. The maximum atomic E-state index is 13.0. The van der Waals surface area contributed by atoms with Gasteiger partial charge in [-0.05, 0) is 62.3 Å². The minimum absolute atomic E-state index is 0.126. The molecule has 1 saturated heterocycles. The third kappa shape index (κ3) is 5.62. The van der Waals surface area contributed by atoms with Gasteiger partial charge >= 0.3 is 0 Å². The first-order chi connectivity index (χ1) is 13.1. The van der Waals surface area contributed by atoms with Gasteiger partial charge in [-0.1, -0.05) is 25.0 Å². The van der Waals surface area contributed by atoms with E-state index in [0.29, 0.717) is 23.5 Å². The number of likely N-dealkylation sites (tertiary alicyclic amines) is 1. The molecule has 5 nitrogen and oxygen atoms in total. The summed E-state index contributed by atoms with van der Waals surface area (Å²) >= 11 is 0. The first-order valence-corrected chi connectivity index (χ1v) is 9.30. The van der Waals surface area contributed by atoms with Crippen LogP contribution in [0.25, 0.3) is 0 Å². The standard InChI is InChI=1S/C21H24FN3O2/c22-16-9-11-17(12-10-16)23-21(27)18-7-3-4-8-19(18)24-20(26)15-25-13-5-1-2-6-14-25/h3-4,7-12H,1-2,5-6,13-15H2,(H,23,27)(H,24,26). The number of anilines is 2. The van der Waals surface area contributed by atoms with Crippen LogP contribution in [0.3, 0.4) is 0 Å². The zero-order valence-corrected chi connectivity index (χ0v) is 15.2. The average molecular weight is 369 g/mol. The summed E-state index contributed by atoms with van der Waals surface area (Å²) in [6.45, 7) is 2.19. The lowest BCUT2D eigenvalue weighted by Crippen LogP contribution is -2.34. The van der Waals surface area contributed by atoms with Crippen LogP contribution >= 0.6 is 0 Å². The molecule has 0 saturated carbocycles. The molecular weight excluding hydrogens is 345 g/mol. The molecule has 0 aliphatic carbocycles. The lowest BCUT2D eigenvalue weighted by Gasteiger charge is -2.19. The Morgan fingerprint density at radius 3 is 2.26 bits per heavy atom. The molecular formula is C21H24FN3O2. The van der Waals surface area contributed by atoms with E-state index < -0.39 is 0 Å². The summed E-state index contributed by atoms with van der Waals surface area (Å²) in [6, 6.07) is 12.4. The Morgan fingerprint density at radius 1 is 0.889 bits per heavy atom. The van der Waals surface area contributed by atoms with E-state index in [9.17, 15) is 14.0 Å². The molecule has 0 spiro atoms. The van der Waals surface area contributed by atoms with Gasteiger partial charge in [-0.3, -0.25) is 14.5 Å². The number of hydrogen-bond acceptors (Lipinski definition) is 3. The van der Waals surface area contributed by atoms with Gasteiger partial charge in [0.05, 0.1) is 17.8 Å². The van der Waals surface area contributed by atoms with Crippen molar-refractivity contribution >= 4 is 23.2 Å². The Labute approximate surface area is 158 Å². The van der Waals surface area contributed by atoms with Crippen molar-refractivity contribution in [1.82, 2.24) is 4.90 Å². The van der Waals surface area contributed by atoms with Crippen molar-refractivity contribution in [2.75, 3.05) is 30.3 Å². The second kappa shape index (κ2) is 9.28. The third-order valence-electron chi connectivity index (χ3n) is 4.61. The van der Waals surface area contributed by atoms with Gasteiger partial charge < -0.3 is 10.6 Å². The van der Waals surface area contributed by atoms with Gasteiger partial charge in [-0.25, -0.2) is 4.39 Å². The van der Waals surface area contributed by atoms with Crippen molar-refractivity contribution in [2.24, 2.45) is 0 Å². The van der Waals surface area contributed by atoms with Crippen molar-refractivity contribution in [1.29, 1.82) is 0 Å². The summed E-state index contributed by atoms with van der Waals surface area (Å²) in [7, 11) is 0. The van der Waals surface area contributed by atoms with E-state index in [1.165, 1.54) is 37.1 Å². The fraction of sp³-hybridized carbons (Fsp3) is 0.333. The van der Waals surface area contributed by atoms with E-state index in [4.69, 9.17) is 0 Å². The van der Waals surface area contributed by atoms with Crippen LogP contribution in [-0.2, 0) is 4.79 Å². The van der Waals surface area contributed by atoms with Crippen molar-refractivity contribution in [3.05, 3.63) is 59.9 Å². The largest absolute Gasteiger partial charge is 0.324 e. The van der Waals surface area contributed by atoms with E-state index in [1.807, 2.05) is 0 Å². The zero-order chi connectivity index (χ0) is 19.1. The minimum atomic E-state index is -0.367. The van der Waals surface area contributed by atoms with Gasteiger partial charge in [0.15, 0.2) is 0 Å². The number of para-hydroxylation sites is 1. The Bertz CT molecular complexity index is 784. The number of nitrogens with one attached hydrogen (secondary N) is 2. The Balaban J connectivity index is 1.64. The molecule has 1 aliphatic heterocycles. The molecule has 1 aliphatic rings. The smallest absolute Gasteiger partial charge is 0.257 e.